The first-order valence-corrected chi connectivity index (χ1v) is 7.98. The maximum absolute atomic E-state index is 14.0. The summed E-state index contributed by atoms with van der Waals surface area (Å²) in [6.45, 7) is 7.23. The third-order valence-corrected chi connectivity index (χ3v) is 5.18. The van der Waals surface area contributed by atoms with Gasteiger partial charge >= 0.3 is 0 Å². The lowest BCUT2D eigenvalue weighted by Crippen LogP contribution is -2.30. The quantitative estimate of drug-likeness (QED) is 0.846. The van der Waals surface area contributed by atoms with Crippen LogP contribution in [0.4, 0.5) is 8.78 Å². The molecule has 0 aromatic heterocycles. The van der Waals surface area contributed by atoms with Crippen molar-refractivity contribution in [1.82, 2.24) is 0 Å². The molecular formula is C18H27F2N. The van der Waals surface area contributed by atoms with E-state index in [1.807, 2.05) is 0 Å². The van der Waals surface area contributed by atoms with Crippen molar-refractivity contribution in [2.75, 3.05) is 6.54 Å². The molecule has 1 saturated carbocycles. The molecule has 118 valence electrons. The highest BCUT2D eigenvalue weighted by Crippen LogP contribution is 2.44. The lowest BCUT2D eigenvalue weighted by molar-refractivity contribution is 0.139. The van der Waals surface area contributed by atoms with Crippen LogP contribution in [0.3, 0.4) is 0 Å². The van der Waals surface area contributed by atoms with E-state index in [0.717, 1.165) is 25.7 Å². The SMILES string of the molecule is CC(C)(C)C1CCC(C(CN)c2cc(F)ccc2F)CC1. The Morgan fingerprint density at radius 2 is 1.76 bits per heavy atom. The number of rotatable bonds is 3. The third kappa shape index (κ3) is 3.82. The maximum atomic E-state index is 14.0. The Labute approximate surface area is 126 Å². The van der Waals surface area contributed by atoms with Gasteiger partial charge in [0.15, 0.2) is 0 Å². The van der Waals surface area contributed by atoms with E-state index in [0.29, 0.717) is 29.4 Å². The molecule has 0 aliphatic heterocycles. The number of benzene rings is 1. The van der Waals surface area contributed by atoms with Crippen molar-refractivity contribution in [3.8, 4) is 0 Å². The fourth-order valence-corrected chi connectivity index (χ4v) is 3.76. The smallest absolute Gasteiger partial charge is 0.126 e. The van der Waals surface area contributed by atoms with Crippen LogP contribution in [-0.2, 0) is 0 Å². The van der Waals surface area contributed by atoms with Gasteiger partial charge in [-0.25, -0.2) is 8.78 Å². The fraction of sp³-hybridized carbons (Fsp3) is 0.667. The average Bonchev–Trinajstić information content (AvgIpc) is 2.43. The van der Waals surface area contributed by atoms with Gasteiger partial charge in [-0.3, -0.25) is 0 Å². The van der Waals surface area contributed by atoms with E-state index in [1.54, 1.807) is 0 Å². The molecule has 21 heavy (non-hydrogen) atoms. The van der Waals surface area contributed by atoms with Gasteiger partial charge < -0.3 is 5.73 Å². The molecule has 0 radical (unpaired) electrons. The van der Waals surface area contributed by atoms with Crippen molar-refractivity contribution < 1.29 is 8.78 Å². The largest absolute Gasteiger partial charge is 0.330 e. The molecule has 1 atom stereocenters. The Bertz CT molecular complexity index is 471. The molecule has 0 saturated heterocycles. The van der Waals surface area contributed by atoms with Crippen molar-refractivity contribution >= 4 is 0 Å². The van der Waals surface area contributed by atoms with E-state index in [-0.39, 0.29) is 17.6 Å². The van der Waals surface area contributed by atoms with Crippen LogP contribution in [0.25, 0.3) is 0 Å². The zero-order chi connectivity index (χ0) is 15.6. The predicted molar refractivity (Wildman–Crippen MR) is 83.1 cm³/mol. The summed E-state index contributed by atoms with van der Waals surface area (Å²) in [4.78, 5) is 0. The minimum atomic E-state index is -0.381. The van der Waals surface area contributed by atoms with Gasteiger partial charge in [-0.15, -0.1) is 0 Å². The molecule has 2 rings (SSSR count). The molecule has 0 spiro atoms. The van der Waals surface area contributed by atoms with E-state index in [1.165, 1.54) is 18.2 Å². The Hall–Kier alpha value is -0.960. The van der Waals surface area contributed by atoms with E-state index in [4.69, 9.17) is 5.73 Å². The highest BCUT2D eigenvalue weighted by molar-refractivity contribution is 5.24. The lowest BCUT2D eigenvalue weighted by atomic mass is 9.66. The van der Waals surface area contributed by atoms with Gasteiger partial charge in [-0.05, 0) is 73.2 Å². The zero-order valence-electron chi connectivity index (χ0n) is 13.3. The summed E-state index contributed by atoms with van der Waals surface area (Å²) in [5, 5.41) is 0. The van der Waals surface area contributed by atoms with E-state index in [9.17, 15) is 8.78 Å². The zero-order valence-corrected chi connectivity index (χ0v) is 13.3. The summed E-state index contributed by atoms with van der Waals surface area (Å²) in [6.07, 6.45) is 4.42. The summed E-state index contributed by atoms with van der Waals surface area (Å²) < 4.78 is 27.4. The van der Waals surface area contributed by atoms with Crippen LogP contribution in [0.5, 0.6) is 0 Å². The Morgan fingerprint density at radius 1 is 1.14 bits per heavy atom. The van der Waals surface area contributed by atoms with E-state index >= 15 is 0 Å². The van der Waals surface area contributed by atoms with Crippen molar-refractivity contribution in [3.05, 3.63) is 35.4 Å². The molecule has 2 N–H and O–H groups in total. The number of hydrogen-bond acceptors (Lipinski definition) is 1. The van der Waals surface area contributed by atoms with Gasteiger partial charge in [0.1, 0.15) is 11.6 Å². The molecule has 1 aliphatic carbocycles. The molecule has 1 aromatic rings. The second-order valence-electron chi connectivity index (χ2n) is 7.49. The van der Waals surface area contributed by atoms with Gasteiger partial charge in [0.05, 0.1) is 0 Å². The molecule has 0 amide bonds. The molecule has 1 nitrogen and oxygen atoms in total. The average molecular weight is 295 g/mol. The maximum Gasteiger partial charge on any atom is 0.126 e. The molecule has 1 unspecified atom stereocenters. The minimum Gasteiger partial charge on any atom is -0.330 e. The standard InChI is InChI=1S/C18H27F2N/c1-18(2,3)13-6-4-12(5-7-13)16(11-21)15-10-14(19)8-9-17(15)20/h8-10,12-13,16H,4-7,11,21H2,1-3H3. The van der Waals surface area contributed by atoms with Gasteiger partial charge in [0.2, 0.25) is 0 Å². The predicted octanol–water partition coefficient (Wildman–Crippen LogP) is 4.86. The Morgan fingerprint density at radius 3 is 2.29 bits per heavy atom. The van der Waals surface area contributed by atoms with Crippen molar-refractivity contribution in [2.45, 2.75) is 52.4 Å². The number of hydrogen-bond donors (Lipinski definition) is 1. The first-order chi connectivity index (χ1) is 9.82. The fourth-order valence-electron chi connectivity index (χ4n) is 3.76. The van der Waals surface area contributed by atoms with Gasteiger partial charge in [0.25, 0.3) is 0 Å². The molecule has 0 bridgehead atoms. The molecule has 3 heteroatoms. The number of nitrogens with two attached hydrogens (primary N) is 1. The number of halogens is 2. The Balaban J connectivity index is 2.11. The molecule has 0 heterocycles. The van der Waals surface area contributed by atoms with Gasteiger partial charge in [-0.2, -0.15) is 0 Å². The van der Waals surface area contributed by atoms with Crippen molar-refractivity contribution in [1.29, 1.82) is 0 Å². The minimum absolute atomic E-state index is 0.0679. The van der Waals surface area contributed by atoms with Gasteiger partial charge in [-0.1, -0.05) is 20.8 Å². The van der Waals surface area contributed by atoms with Crippen LogP contribution in [0.1, 0.15) is 57.9 Å². The molecular weight excluding hydrogens is 268 g/mol. The van der Waals surface area contributed by atoms with Crippen LogP contribution < -0.4 is 5.73 Å². The first kappa shape index (κ1) is 16.4. The molecule has 1 fully saturated rings. The second-order valence-corrected chi connectivity index (χ2v) is 7.49. The summed E-state index contributed by atoms with van der Waals surface area (Å²) >= 11 is 0. The highest BCUT2D eigenvalue weighted by Gasteiger charge is 2.33. The van der Waals surface area contributed by atoms with Crippen molar-refractivity contribution in [3.63, 3.8) is 0 Å². The Kier molecular flexibility index (Phi) is 5.03. The lowest BCUT2D eigenvalue weighted by Gasteiger charge is -2.39. The summed E-state index contributed by atoms with van der Waals surface area (Å²) in [6, 6.07) is 3.71. The monoisotopic (exact) mass is 295 g/mol. The topological polar surface area (TPSA) is 26.0 Å². The van der Waals surface area contributed by atoms with Crippen LogP contribution >= 0.6 is 0 Å². The summed E-state index contributed by atoms with van der Waals surface area (Å²) in [5.74, 6) is 0.300. The normalized spacial score (nSPS) is 24.9. The van der Waals surface area contributed by atoms with Crippen LogP contribution in [0.2, 0.25) is 0 Å². The first-order valence-electron chi connectivity index (χ1n) is 7.98. The summed E-state index contributed by atoms with van der Waals surface area (Å²) in [7, 11) is 0. The molecule has 1 aromatic carbocycles. The van der Waals surface area contributed by atoms with Crippen LogP contribution in [-0.4, -0.2) is 6.54 Å². The second kappa shape index (κ2) is 6.43. The van der Waals surface area contributed by atoms with Crippen LogP contribution in [0, 0.1) is 28.9 Å². The van der Waals surface area contributed by atoms with Crippen molar-refractivity contribution in [2.24, 2.45) is 23.0 Å². The third-order valence-electron chi connectivity index (χ3n) is 5.18. The van der Waals surface area contributed by atoms with Gasteiger partial charge in [0, 0.05) is 5.92 Å². The molecule has 1 aliphatic rings. The summed E-state index contributed by atoms with van der Waals surface area (Å²) in [5.41, 5.74) is 6.67. The van der Waals surface area contributed by atoms with E-state index in [2.05, 4.69) is 20.8 Å². The highest BCUT2D eigenvalue weighted by atomic mass is 19.1. The van der Waals surface area contributed by atoms with Crippen LogP contribution in [0.15, 0.2) is 18.2 Å². The van der Waals surface area contributed by atoms with E-state index < -0.39 is 0 Å².